The van der Waals surface area contributed by atoms with Crippen molar-refractivity contribution < 1.29 is 17.1 Å². The normalized spacial score (nSPS) is 10.8. The first-order valence-corrected chi connectivity index (χ1v) is 7.34. The SMILES string of the molecule is CC(Sc1ccccc1)[c-]1cccc1.[Fe].[cH-]1[cH-][cH-][cH-][cH-]1. The molecule has 0 N–H and O–H groups in total. The first-order valence-electron chi connectivity index (χ1n) is 6.46. The summed E-state index contributed by atoms with van der Waals surface area (Å²) in [5.41, 5.74) is 1.40. The zero-order valence-electron chi connectivity index (χ0n) is 11.4. The smallest absolute Gasteiger partial charge is 0.00675 e. The third kappa shape index (κ3) is 5.83. The van der Waals surface area contributed by atoms with E-state index in [1.165, 1.54) is 10.5 Å². The van der Waals surface area contributed by atoms with E-state index in [0.717, 1.165) is 0 Å². The predicted molar refractivity (Wildman–Crippen MR) is 84.8 cm³/mol. The molecule has 0 saturated carbocycles. The summed E-state index contributed by atoms with van der Waals surface area (Å²) >= 11 is 1.90. The maximum atomic E-state index is 2.24. The number of hydrogen-bond acceptors (Lipinski definition) is 1. The van der Waals surface area contributed by atoms with Crippen molar-refractivity contribution in [3.05, 3.63) is 90.5 Å². The van der Waals surface area contributed by atoms with Gasteiger partial charge in [-0.3, -0.25) is 0 Å². The van der Waals surface area contributed by atoms with Crippen LogP contribution in [0.3, 0.4) is 0 Å². The second-order valence-electron chi connectivity index (χ2n) is 4.25. The van der Waals surface area contributed by atoms with Gasteiger partial charge in [0.2, 0.25) is 0 Å². The van der Waals surface area contributed by atoms with Crippen molar-refractivity contribution in [3.63, 3.8) is 0 Å². The van der Waals surface area contributed by atoms with Gasteiger partial charge in [0.05, 0.1) is 0 Å². The fraction of sp³-hybridized carbons (Fsp3) is 0.111. The molecule has 0 nitrogen and oxygen atoms in total. The molecule has 0 spiro atoms. The number of thioether (sulfide) groups is 1. The molecule has 0 saturated heterocycles. The standard InChI is InChI=1S/C13H13S.C5H5.Fe/c1-11(12-7-5-6-8-12)14-13-9-3-2-4-10-13;1-2-4-5-3-1;/h2-11H,1H3;1-5H;/q-1;-5;. The van der Waals surface area contributed by atoms with Crippen LogP contribution >= 0.6 is 11.8 Å². The average molecular weight is 322 g/mol. The van der Waals surface area contributed by atoms with Crippen LogP contribution in [0.15, 0.2) is 89.8 Å². The molecule has 1 atom stereocenters. The van der Waals surface area contributed by atoms with Gasteiger partial charge in [0.1, 0.15) is 0 Å². The minimum absolute atomic E-state index is 0. The average Bonchev–Trinajstić information content (AvgIpc) is 3.16. The molecule has 0 fully saturated rings. The quantitative estimate of drug-likeness (QED) is 0.340. The fourth-order valence-electron chi connectivity index (χ4n) is 1.75. The van der Waals surface area contributed by atoms with Crippen molar-refractivity contribution in [2.24, 2.45) is 0 Å². The van der Waals surface area contributed by atoms with Crippen LogP contribution in [0.5, 0.6) is 0 Å². The molecule has 3 aromatic rings. The van der Waals surface area contributed by atoms with Gasteiger partial charge in [0, 0.05) is 22.0 Å². The number of benzene rings is 1. The summed E-state index contributed by atoms with van der Waals surface area (Å²) in [4.78, 5) is 1.33. The number of rotatable bonds is 3. The summed E-state index contributed by atoms with van der Waals surface area (Å²) in [5.74, 6) is 0. The summed E-state index contributed by atoms with van der Waals surface area (Å²) in [6.45, 7) is 2.24. The van der Waals surface area contributed by atoms with Crippen LogP contribution in [0.25, 0.3) is 0 Å². The zero-order chi connectivity index (χ0) is 13.3. The van der Waals surface area contributed by atoms with E-state index in [9.17, 15) is 0 Å². The van der Waals surface area contributed by atoms with Crippen molar-refractivity contribution >= 4 is 11.8 Å². The van der Waals surface area contributed by atoms with E-state index < -0.39 is 0 Å². The molecule has 110 valence electrons. The summed E-state index contributed by atoms with van der Waals surface area (Å²) in [7, 11) is 0. The maximum Gasteiger partial charge on any atom is 0.00675 e. The summed E-state index contributed by atoms with van der Waals surface area (Å²) in [6.07, 6.45) is 0. The van der Waals surface area contributed by atoms with Crippen molar-refractivity contribution in [2.75, 3.05) is 0 Å². The van der Waals surface area contributed by atoms with Crippen molar-refractivity contribution in [3.8, 4) is 0 Å². The molecule has 20 heavy (non-hydrogen) atoms. The minimum atomic E-state index is 0. The molecule has 0 aliphatic heterocycles. The van der Waals surface area contributed by atoms with Gasteiger partial charge < -0.3 is 30.3 Å². The Labute approximate surface area is 136 Å². The van der Waals surface area contributed by atoms with Crippen LogP contribution in [0, 0.1) is 0 Å². The molecule has 0 aliphatic carbocycles. The Bertz CT molecular complexity index is 509. The van der Waals surface area contributed by atoms with E-state index in [1.54, 1.807) is 0 Å². The molecule has 0 amide bonds. The topological polar surface area (TPSA) is 0 Å². The maximum absolute atomic E-state index is 2.24. The van der Waals surface area contributed by atoms with Crippen molar-refractivity contribution in [1.82, 2.24) is 0 Å². The molecule has 0 heterocycles. The molecule has 0 aliphatic rings. The van der Waals surface area contributed by atoms with Gasteiger partial charge in [-0.1, -0.05) is 25.1 Å². The Kier molecular flexibility index (Phi) is 8.13. The molecule has 3 rings (SSSR count). The first kappa shape index (κ1) is 16.8. The molecular formula is C18H18FeS-6. The Hall–Kier alpha value is -1.21. The van der Waals surface area contributed by atoms with E-state index >= 15 is 0 Å². The van der Waals surface area contributed by atoms with Crippen molar-refractivity contribution in [2.45, 2.75) is 17.1 Å². The second-order valence-corrected chi connectivity index (χ2v) is 5.67. The van der Waals surface area contributed by atoms with Gasteiger partial charge in [0.25, 0.3) is 0 Å². The number of hydrogen-bond donors (Lipinski definition) is 0. The van der Waals surface area contributed by atoms with Gasteiger partial charge in [-0.15, -0.1) is 17.3 Å². The van der Waals surface area contributed by atoms with Gasteiger partial charge >= 0.3 is 0 Å². The largest absolute Gasteiger partial charge is 0.748 e. The van der Waals surface area contributed by atoms with Crippen LogP contribution in [0.1, 0.15) is 17.7 Å². The summed E-state index contributed by atoms with van der Waals surface area (Å²) in [5, 5.41) is 0.535. The Morgan fingerprint density at radius 1 is 0.850 bits per heavy atom. The zero-order valence-corrected chi connectivity index (χ0v) is 13.3. The van der Waals surface area contributed by atoms with E-state index in [-0.39, 0.29) is 17.1 Å². The predicted octanol–water partition coefficient (Wildman–Crippen LogP) is 5.66. The monoisotopic (exact) mass is 322 g/mol. The Morgan fingerprint density at radius 3 is 1.85 bits per heavy atom. The van der Waals surface area contributed by atoms with Gasteiger partial charge in [-0.05, 0) is 17.4 Å². The van der Waals surface area contributed by atoms with E-state index in [0.29, 0.717) is 5.25 Å². The Morgan fingerprint density at radius 2 is 1.35 bits per heavy atom. The molecule has 2 heteroatoms. The van der Waals surface area contributed by atoms with Gasteiger partial charge in [-0.25, -0.2) is 12.1 Å². The van der Waals surface area contributed by atoms with Crippen LogP contribution in [-0.4, -0.2) is 0 Å². The third-order valence-corrected chi connectivity index (χ3v) is 3.94. The molecular weight excluding hydrogens is 304 g/mol. The van der Waals surface area contributed by atoms with E-state index in [4.69, 9.17) is 0 Å². The van der Waals surface area contributed by atoms with Crippen molar-refractivity contribution in [1.29, 1.82) is 0 Å². The molecule has 1 unspecified atom stereocenters. The second kappa shape index (κ2) is 9.66. The summed E-state index contributed by atoms with van der Waals surface area (Å²) in [6, 6.07) is 29.1. The van der Waals surface area contributed by atoms with E-state index in [1.807, 2.05) is 42.1 Å². The van der Waals surface area contributed by atoms with Crippen LogP contribution in [0.2, 0.25) is 0 Å². The molecule has 3 aromatic carbocycles. The first-order chi connectivity index (χ1) is 9.36. The minimum Gasteiger partial charge on any atom is -0.748 e. The summed E-state index contributed by atoms with van der Waals surface area (Å²) < 4.78 is 0. The third-order valence-electron chi connectivity index (χ3n) is 2.77. The van der Waals surface area contributed by atoms with Crippen LogP contribution < -0.4 is 0 Å². The Balaban J connectivity index is 0.000000283. The molecule has 0 radical (unpaired) electrons. The molecule has 0 aromatic heterocycles. The molecule has 0 bridgehead atoms. The van der Waals surface area contributed by atoms with Gasteiger partial charge in [0.15, 0.2) is 0 Å². The fourth-order valence-corrected chi connectivity index (χ4v) is 2.77. The van der Waals surface area contributed by atoms with Crippen LogP contribution in [-0.2, 0) is 17.1 Å². The van der Waals surface area contributed by atoms with E-state index in [2.05, 4.69) is 61.5 Å². The van der Waals surface area contributed by atoms with Crippen LogP contribution in [0.4, 0.5) is 0 Å². The van der Waals surface area contributed by atoms with Gasteiger partial charge in [-0.2, -0.15) is 12.1 Å².